The SMILES string of the molecule is NS(=O)(=O)c1cccc(-n2nncc2-c2ccccc2)c1. The molecule has 0 atom stereocenters. The minimum Gasteiger partial charge on any atom is -0.225 e. The normalized spacial score (nSPS) is 11.5. The summed E-state index contributed by atoms with van der Waals surface area (Å²) in [5.41, 5.74) is 2.28. The Morgan fingerprint density at radius 2 is 1.76 bits per heavy atom. The van der Waals surface area contributed by atoms with Crippen molar-refractivity contribution in [1.29, 1.82) is 0 Å². The predicted molar refractivity (Wildman–Crippen MR) is 78.2 cm³/mol. The van der Waals surface area contributed by atoms with E-state index in [1.54, 1.807) is 23.0 Å². The minimum absolute atomic E-state index is 0.0366. The lowest BCUT2D eigenvalue weighted by Gasteiger charge is -2.07. The zero-order chi connectivity index (χ0) is 14.9. The molecule has 21 heavy (non-hydrogen) atoms. The number of sulfonamides is 1. The summed E-state index contributed by atoms with van der Waals surface area (Å²) >= 11 is 0. The van der Waals surface area contributed by atoms with Crippen LogP contribution in [0.1, 0.15) is 0 Å². The second-order valence-corrected chi connectivity index (χ2v) is 6.00. The van der Waals surface area contributed by atoms with Crippen molar-refractivity contribution in [2.75, 3.05) is 0 Å². The molecule has 1 heterocycles. The Kier molecular flexibility index (Phi) is 3.28. The van der Waals surface area contributed by atoms with Gasteiger partial charge in [0, 0.05) is 5.56 Å². The van der Waals surface area contributed by atoms with Crippen molar-refractivity contribution in [2.24, 2.45) is 5.14 Å². The lowest BCUT2D eigenvalue weighted by atomic mass is 10.1. The van der Waals surface area contributed by atoms with Crippen molar-refractivity contribution in [3.63, 3.8) is 0 Å². The van der Waals surface area contributed by atoms with Gasteiger partial charge in [0.25, 0.3) is 0 Å². The van der Waals surface area contributed by atoms with Gasteiger partial charge in [0.1, 0.15) is 0 Å². The van der Waals surface area contributed by atoms with Gasteiger partial charge in [0.05, 0.1) is 22.5 Å². The number of hydrogen-bond acceptors (Lipinski definition) is 4. The van der Waals surface area contributed by atoms with E-state index in [0.717, 1.165) is 11.3 Å². The summed E-state index contributed by atoms with van der Waals surface area (Å²) in [6.07, 6.45) is 1.62. The third kappa shape index (κ3) is 2.69. The molecule has 1 aromatic heterocycles. The highest BCUT2D eigenvalue weighted by Gasteiger charge is 2.12. The summed E-state index contributed by atoms with van der Waals surface area (Å²) < 4.78 is 24.5. The minimum atomic E-state index is -3.76. The van der Waals surface area contributed by atoms with Crippen LogP contribution in [0.3, 0.4) is 0 Å². The van der Waals surface area contributed by atoms with E-state index in [-0.39, 0.29) is 4.90 Å². The molecule has 0 unspecified atom stereocenters. The molecule has 0 fully saturated rings. The number of aromatic nitrogens is 3. The Morgan fingerprint density at radius 1 is 1.00 bits per heavy atom. The fraction of sp³-hybridized carbons (Fsp3) is 0. The molecule has 3 aromatic rings. The van der Waals surface area contributed by atoms with Gasteiger partial charge < -0.3 is 0 Å². The van der Waals surface area contributed by atoms with Crippen molar-refractivity contribution < 1.29 is 8.42 Å². The monoisotopic (exact) mass is 300 g/mol. The Labute approximate surface area is 121 Å². The number of nitrogens with two attached hydrogens (primary N) is 1. The summed E-state index contributed by atoms with van der Waals surface area (Å²) in [7, 11) is -3.76. The molecule has 0 amide bonds. The molecule has 0 aliphatic heterocycles. The third-order valence-electron chi connectivity index (χ3n) is 3.01. The Balaban J connectivity index is 2.13. The first-order chi connectivity index (χ1) is 10.1. The second kappa shape index (κ2) is 5.12. The first-order valence-corrected chi connectivity index (χ1v) is 7.70. The summed E-state index contributed by atoms with van der Waals surface area (Å²) in [5, 5.41) is 13.1. The maximum absolute atomic E-state index is 11.4. The molecule has 0 saturated carbocycles. The van der Waals surface area contributed by atoms with E-state index >= 15 is 0 Å². The molecule has 106 valence electrons. The smallest absolute Gasteiger partial charge is 0.225 e. The highest BCUT2D eigenvalue weighted by atomic mass is 32.2. The van der Waals surface area contributed by atoms with Crippen molar-refractivity contribution in [3.05, 3.63) is 60.8 Å². The quantitative estimate of drug-likeness (QED) is 0.795. The standard InChI is InChI=1S/C14H12N4O2S/c15-21(19,20)13-8-4-7-12(9-13)18-14(10-16-17-18)11-5-2-1-3-6-11/h1-10H,(H2,15,19,20). The van der Waals surface area contributed by atoms with Crippen LogP contribution in [0.15, 0.2) is 65.7 Å². The molecule has 0 aliphatic carbocycles. The predicted octanol–water partition coefficient (Wildman–Crippen LogP) is 1.58. The van der Waals surface area contributed by atoms with Crippen LogP contribution in [0.25, 0.3) is 16.9 Å². The Morgan fingerprint density at radius 3 is 2.48 bits per heavy atom. The number of rotatable bonds is 3. The van der Waals surface area contributed by atoms with Gasteiger partial charge in [0.2, 0.25) is 10.0 Å². The topological polar surface area (TPSA) is 90.9 Å². The highest BCUT2D eigenvalue weighted by Crippen LogP contribution is 2.22. The van der Waals surface area contributed by atoms with E-state index in [4.69, 9.17) is 5.14 Å². The number of benzene rings is 2. The van der Waals surface area contributed by atoms with Gasteiger partial charge in [0.15, 0.2) is 0 Å². The van der Waals surface area contributed by atoms with Crippen LogP contribution in [0.4, 0.5) is 0 Å². The largest absolute Gasteiger partial charge is 0.238 e. The fourth-order valence-corrected chi connectivity index (χ4v) is 2.58. The summed E-state index contributed by atoms with van der Waals surface area (Å²) in [6.45, 7) is 0. The van der Waals surface area contributed by atoms with E-state index in [2.05, 4.69) is 10.3 Å². The molecule has 3 rings (SSSR count). The van der Waals surface area contributed by atoms with Gasteiger partial charge in [-0.3, -0.25) is 0 Å². The first kappa shape index (κ1) is 13.5. The van der Waals surface area contributed by atoms with Crippen molar-refractivity contribution in [3.8, 4) is 16.9 Å². The van der Waals surface area contributed by atoms with Crippen LogP contribution in [0, 0.1) is 0 Å². The van der Waals surface area contributed by atoms with E-state index in [1.165, 1.54) is 12.1 Å². The molecule has 0 aliphatic rings. The average Bonchev–Trinajstić information content (AvgIpc) is 2.97. The Hall–Kier alpha value is -2.51. The summed E-state index contributed by atoms with van der Waals surface area (Å²) in [4.78, 5) is 0.0366. The highest BCUT2D eigenvalue weighted by molar-refractivity contribution is 7.89. The maximum atomic E-state index is 11.4. The molecule has 6 nitrogen and oxygen atoms in total. The third-order valence-corrected chi connectivity index (χ3v) is 3.92. The van der Waals surface area contributed by atoms with E-state index < -0.39 is 10.0 Å². The van der Waals surface area contributed by atoms with Crippen LogP contribution < -0.4 is 5.14 Å². The van der Waals surface area contributed by atoms with Crippen LogP contribution in [-0.4, -0.2) is 23.4 Å². The second-order valence-electron chi connectivity index (χ2n) is 4.44. The first-order valence-electron chi connectivity index (χ1n) is 6.15. The lowest BCUT2D eigenvalue weighted by Crippen LogP contribution is -2.12. The van der Waals surface area contributed by atoms with Gasteiger partial charge in [-0.05, 0) is 18.2 Å². The van der Waals surface area contributed by atoms with Gasteiger partial charge in [-0.15, -0.1) is 5.10 Å². The molecule has 0 radical (unpaired) electrons. The summed E-state index contributed by atoms with van der Waals surface area (Å²) in [6, 6.07) is 15.9. The maximum Gasteiger partial charge on any atom is 0.238 e. The zero-order valence-electron chi connectivity index (χ0n) is 10.9. The molecule has 2 aromatic carbocycles. The van der Waals surface area contributed by atoms with Crippen molar-refractivity contribution in [2.45, 2.75) is 4.90 Å². The molecule has 2 N–H and O–H groups in total. The zero-order valence-corrected chi connectivity index (χ0v) is 11.7. The van der Waals surface area contributed by atoms with Gasteiger partial charge in [-0.25, -0.2) is 18.2 Å². The van der Waals surface area contributed by atoms with Crippen LogP contribution in [-0.2, 0) is 10.0 Å². The van der Waals surface area contributed by atoms with E-state index in [1.807, 2.05) is 30.3 Å². The van der Waals surface area contributed by atoms with Crippen molar-refractivity contribution >= 4 is 10.0 Å². The number of primary sulfonamides is 1. The van der Waals surface area contributed by atoms with E-state index in [0.29, 0.717) is 5.69 Å². The number of hydrogen-bond donors (Lipinski definition) is 1. The van der Waals surface area contributed by atoms with Crippen LogP contribution in [0.5, 0.6) is 0 Å². The Bertz CT molecular complexity index is 873. The van der Waals surface area contributed by atoms with Crippen LogP contribution >= 0.6 is 0 Å². The lowest BCUT2D eigenvalue weighted by molar-refractivity contribution is 0.597. The molecule has 0 bridgehead atoms. The molecular formula is C14H12N4O2S. The molecule has 0 saturated heterocycles. The average molecular weight is 300 g/mol. The molecule has 7 heteroatoms. The molecule has 0 spiro atoms. The number of nitrogens with zero attached hydrogens (tertiary/aromatic N) is 3. The molecular weight excluding hydrogens is 288 g/mol. The van der Waals surface area contributed by atoms with E-state index in [9.17, 15) is 8.42 Å². The fourth-order valence-electron chi connectivity index (χ4n) is 2.02. The van der Waals surface area contributed by atoms with Crippen molar-refractivity contribution in [1.82, 2.24) is 15.0 Å². The van der Waals surface area contributed by atoms with Crippen LogP contribution in [0.2, 0.25) is 0 Å². The van der Waals surface area contributed by atoms with Gasteiger partial charge >= 0.3 is 0 Å². The summed E-state index contributed by atoms with van der Waals surface area (Å²) in [5.74, 6) is 0. The van der Waals surface area contributed by atoms with Gasteiger partial charge in [-0.1, -0.05) is 41.6 Å². The van der Waals surface area contributed by atoms with Gasteiger partial charge in [-0.2, -0.15) is 0 Å².